The van der Waals surface area contributed by atoms with Gasteiger partial charge in [0.25, 0.3) is 0 Å². The van der Waals surface area contributed by atoms with Crippen LogP contribution in [0, 0.1) is 0 Å². The maximum atomic E-state index is 4.76. The van der Waals surface area contributed by atoms with E-state index in [1.165, 1.54) is 19.3 Å². The van der Waals surface area contributed by atoms with Crippen LogP contribution in [-0.4, -0.2) is 48.6 Å². The Labute approximate surface area is 129 Å². The molecule has 1 N–H and O–H groups in total. The Morgan fingerprint density at radius 3 is 2.33 bits per heavy atom. The highest BCUT2D eigenvalue weighted by Crippen LogP contribution is 2.37. The second kappa shape index (κ2) is 5.84. The molecule has 0 radical (unpaired) electrons. The number of nitrogens with zero attached hydrogens (tertiary/aromatic N) is 3. The fraction of sp³-hybridized carbons (Fsp3) is 0.706. The molecule has 4 heteroatoms. The first-order valence-electron chi connectivity index (χ1n) is 7.86. The van der Waals surface area contributed by atoms with E-state index in [9.17, 15) is 0 Å². The fourth-order valence-electron chi connectivity index (χ4n) is 2.94. The first kappa shape index (κ1) is 16.1. The minimum Gasteiger partial charge on any atom is -0.365 e. The van der Waals surface area contributed by atoms with E-state index in [1.807, 2.05) is 6.07 Å². The molecule has 1 fully saturated rings. The second-order valence-electron chi connectivity index (χ2n) is 7.58. The van der Waals surface area contributed by atoms with E-state index < -0.39 is 0 Å². The van der Waals surface area contributed by atoms with E-state index in [0.29, 0.717) is 5.54 Å². The summed E-state index contributed by atoms with van der Waals surface area (Å²) in [5.74, 6) is 1.98. The third kappa shape index (κ3) is 3.88. The van der Waals surface area contributed by atoms with Gasteiger partial charge in [-0.3, -0.25) is 0 Å². The zero-order chi connectivity index (χ0) is 15.7. The van der Waals surface area contributed by atoms with Crippen LogP contribution in [0.1, 0.15) is 40.0 Å². The summed E-state index contributed by atoms with van der Waals surface area (Å²) in [4.78, 5) is 9.42. The molecule has 1 aliphatic carbocycles. The van der Waals surface area contributed by atoms with Crippen LogP contribution in [0.3, 0.4) is 0 Å². The van der Waals surface area contributed by atoms with Crippen molar-refractivity contribution in [2.75, 3.05) is 37.9 Å². The Balaban J connectivity index is 2.09. The molecule has 0 unspecified atom stereocenters. The molecule has 1 aromatic heterocycles. The number of nitrogens with one attached hydrogen (secondary N) is 1. The zero-order valence-electron chi connectivity index (χ0n) is 14.4. The predicted molar refractivity (Wildman–Crippen MR) is 91.2 cm³/mol. The highest BCUT2D eigenvalue weighted by Gasteiger charge is 2.40. The van der Waals surface area contributed by atoms with Crippen molar-refractivity contribution in [1.82, 2.24) is 9.88 Å². The van der Waals surface area contributed by atoms with Crippen LogP contribution in [0.25, 0.3) is 0 Å². The van der Waals surface area contributed by atoms with Gasteiger partial charge < -0.3 is 15.1 Å². The van der Waals surface area contributed by atoms with Crippen molar-refractivity contribution < 1.29 is 0 Å². The maximum absolute atomic E-state index is 4.76. The molecule has 0 bridgehead atoms. The number of anilines is 2. The second-order valence-corrected chi connectivity index (χ2v) is 7.58. The molecule has 0 spiro atoms. The van der Waals surface area contributed by atoms with Crippen LogP contribution in [0.5, 0.6) is 0 Å². The molecule has 0 saturated heterocycles. The highest BCUT2D eigenvalue weighted by atomic mass is 15.3. The topological polar surface area (TPSA) is 31.4 Å². The molecule has 4 nitrogen and oxygen atoms in total. The van der Waals surface area contributed by atoms with Crippen molar-refractivity contribution in [2.24, 2.45) is 0 Å². The van der Waals surface area contributed by atoms with Gasteiger partial charge in [-0.2, -0.15) is 0 Å². The van der Waals surface area contributed by atoms with Crippen LogP contribution in [0.2, 0.25) is 0 Å². The molecule has 118 valence electrons. The first-order chi connectivity index (χ1) is 9.72. The molecular formula is C17H30N4. The fourth-order valence-corrected chi connectivity index (χ4v) is 2.94. The van der Waals surface area contributed by atoms with E-state index >= 15 is 0 Å². The van der Waals surface area contributed by atoms with Gasteiger partial charge >= 0.3 is 0 Å². The van der Waals surface area contributed by atoms with E-state index in [-0.39, 0.29) is 5.54 Å². The number of hydrogen-bond acceptors (Lipinski definition) is 4. The van der Waals surface area contributed by atoms with Gasteiger partial charge in [0.1, 0.15) is 11.6 Å². The van der Waals surface area contributed by atoms with Crippen LogP contribution < -0.4 is 10.2 Å². The van der Waals surface area contributed by atoms with Crippen molar-refractivity contribution in [1.29, 1.82) is 0 Å². The Morgan fingerprint density at radius 1 is 1.19 bits per heavy atom. The van der Waals surface area contributed by atoms with Gasteiger partial charge in [-0.05, 0) is 66.3 Å². The third-order valence-electron chi connectivity index (χ3n) is 4.39. The molecule has 21 heavy (non-hydrogen) atoms. The summed E-state index contributed by atoms with van der Waals surface area (Å²) in [5.41, 5.74) is 0.354. The SMILES string of the molecule is CN(CC1(N(C)C)CCC1)c1cccc(NC(C)(C)C)n1. The Morgan fingerprint density at radius 2 is 1.86 bits per heavy atom. The van der Waals surface area contributed by atoms with Gasteiger partial charge in [-0.15, -0.1) is 0 Å². The van der Waals surface area contributed by atoms with Crippen LogP contribution in [-0.2, 0) is 0 Å². The summed E-state index contributed by atoms with van der Waals surface area (Å²) in [6, 6.07) is 6.21. The van der Waals surface area contributed by atoms with Crippen molar-refractivity contribution in [3.05, 3.63) is 18.2 Å². The number of pyridine rings is 1. The van der Waals surface area contributed by atoms with Gasteiger partial charge in [0, 0.05) is 24.7 Å². The predicted octanol–water partition coefficient (Wildman–Crippen LogP) is 3.21. The van der Waals surface area contributed by atoms with Gasteiger partial charge in [-0.1, -0.05) is 6.07 Å². The lowest BCUT2D eigenvalue weighted by atomic mass is 9.75. The molecule has 0 atom stereocenters. The minimum atomic E-state index is 0.0308. The summed E-state index contributed by atoms with van der Waals surface area (Å²) in [6.45, 7) is 7.49. The lowest BCUT2D eigenvalue weighted by Gasteiger charge is -2.49. The van der Waals surface area contributed by atoms with Crippen LogP contribution in [0.4, 0.5) is 11.6 Å². The van der Waals surface area contributed by atoms with Crippen LogP contribution >= 0.6 is 0 Å². The first-order valence-corrected chi connectivity index (χ1v) is 7.86. The molecular weight excluding hydrogens is 260 g/mol. The molecule has 1 saturated carbocycles. The van der Waals surface area contributed by atoms with Gasteiger partial charge in [0.05, 0.1) is 0 Å². The summed E-state index contributed by atoms with van der Waals surface area (Å²) in [5, 5.41) is 3.44. The Kier molecular flexibility index (Phi) is 4.47. The normalized spacial score (nSPS) is 17.5. The summed E-state index contributed by atoms with van der Waals surface area (Å²) in [6.07, 6.45) is 3.90. The zero-order valence-corrected chi connectivity index (χ0v) is 14.4. The average molecular weight is 290 g/mol. The molecule has 0 aliphatic heterocycles. The molecule has 0 aromatic carbocycles. The van der Waals surface area contributed by atoms with Crippen LogP contribution in [0.15, 0.2) is 18.2 Å². The molecule has 1 heterocycles. The monoisotopic (exact) mass is 290 g/mol. The minimum absolute atomic E-state index is 0.0308. The number of hydrogen-bond donors (Lipinski definition) is 1. The number of aromatic nitrogens is 1. The van der Waals surface area contributed by atoms with Gasteiger partial charge in [0.2, 0.25) is 0 Å². The summed E-state index contributed by atoms with van der Waals surface area (Å²) in [7, 11) is 6.53. The molecule has 0 amide bonds. The largest absolute Gasteiger partial charge is 0.365 e. The lowest BCUT2D eigenvalue weighted by molar-refractivity contribution is 0.0682. The smallest absolute Gasteiger partial charge is 0.130 e. The van der Waals surface area contributed by atoms with Gasteiger partial charge in [0.15, 0.2) is 0 Å². The maximum Gasteiger partial charge on any atom is 0.130 e. The van der Waals surface area contributed by atoms with E-state index in [2.05, 4.69) is 69.2 Å². The lowest BCUT2D eigenvalue weighted by Crippen LogP contribution is -2.56. The van der Waals surface area contributed by atoms with E-state index in [0.717, 1.165) is 18.2 Å². The average Bonchev–Trinajstić information content (AvgIpc) is 2.31. The standard InChI is InChI=1S/C17H30N4/c1-16(2,3)19-14-9-7-10-15(18-14)21(6)13-17(20(4)5)11-8-12-17/h7,9-10H,8,11-13H2,1-6H3,(H,18,19). The molecule has 2 rings (SSSR count). The van der Waals surface area contributed by atoms with Crippen molar-refractivity contribution >= 4 is 11.6 Å². The molecule has 1 aromatic rings. The summed E-state index contributed by atoms with van der Waals surface area (Å²) >= 11 is 0. The van der Waals surface area contributed by atoms with Crippen molar-refractivity contribution in [3.63, 3.8) is 0 Å². The summed E-state index contributed by atoms with van der Waals surface area (Å²) < 4.78 is 0. The van der Waals surface area contributed by atoms with Crippen molar-refractivity contribution in [3.8, 4) is 0 Å². The molecule has 1 aliphatic rings. The van der Waals surface area contributed by atoms with E-state index in [1.54, 1.807) is 0 Å². The quantitative estimate of drug-likeness (QED) is 0.902. The highest BCUT2D eigenvalue weighted by molar-refractivity contribution is 5.48. The Hall–Kier alpha value is -1.29. The number of likely N-dealkylation sites (N-methyl/N-ethyl adjacent to an activating group) is 2. The van der Waals surface area contributed by atoms with Crippen molar-refractivity contribution in [2.45, 2.75) is 51.1 Å². The van der Waals surface area contributed by atoms with Gasteiger partial charge in [-0.25, -0.2) is 4.98 Å². The third-order valence-corrected chi connectivity index (χ3v) is 4.39. The number of rotatable bonds is 5. The Bertz CT molecular complexity index is 472. The van der Waals surface area contributed by atoms with E-state index in [4.69, 9.17) is 4.98 Å².